The molecular weight excluding hydrogens is 496 g/mol. The molecule has 0 spiro atoms. The highest BCUT2D eigenvalue weighted by molar-refractivity contribution is 5.61. The van der Waals surface area contributed by atoms with Gasteiger partial charge in [-0.05, 0) is 105 Å². The molecule has 1 aliphatic heterocycles. The zero-order valence-electron chi connectivity index (χ0n) is 24.9. The van der Waals surface area contributed by atoms with E-state index < -0.39 is 0 Å². The Balaban J connectivity index is 1.43. The van der Waals surface area contributed by atoms with Crippen molar-refractivity contribution in [2.24, 2.45) is 0 Å². The fourth-order valence-electron chi connectivity index (χ4n) is 6.24. The van der Waals surface area contributed by atoms with Gasteiger partial charge in [0.25, 0.3) is 0 Å². The molecular formula is C39H44N2. The molecule has 4 aliphatic rings. The highest BCUT2D eigenvalue weighted by atomic mass is 15.1. The summed E-state index contributed by atoms with van der Waals surface area (Å²) in [5.74, 6) is 0. The van der Waals surface area contributed by atoms with Gasteiger partial charge in [-0.25, -0.2) is 0 Å². The Morgan fingerprint density at radius 2 is 1.76 bits per heavy atom. The lowest BCUT2D eigenvalue weighted by atomic mass is 9.86. The normalized spacial score (nSPS) is 20.8. The van der Waals surface area contributed by atoms with Gasteiger partial charge in [-0.15, -0.1) is 6.58 Å². The minimum Gasteiger partial charge on any atom is -0.341 e. The van der Waals surface area contributed by atoms with Crippen LogP contribution in [0.1, 0.15) is 57.9 Å². The Kier molecular flexibility index (Phi) is 9.75. The fourth-order valence-corrected chi connectivity index (χ4v) is 6.24. The first-order valence-corrected chi connectivity index (χ1v) is 15.2. The van der Waals surface area contributed by atoms with Crippen LogP contribution in [0.15, 0.2) is 155 Å². The van der Waals surface area contributed by atoms with Crippen molar-refractivity contribution in [2.45, 2.75) is 58.8 Å². The van der Waals surface area contributed by atoms with Gasteiger partial charge in [-0.1, -0.05) is 91.1 Å². The molecule has 1 aromatic rings. The smallest absolute Gasteiger partial charge is 0.0447 e. The van der Waals surface area contributed by atoms with E-state index in [9.17, 15) is 0 Å². The maximum absolute atomic E-state index is 4.00. The largest absolute Gasteiger partial charge is 0.341 e. The number of anilines is 1. The van der Waals surface area contributed by atoms with E-state index in [1.807, 2.05) is 6.08 Å². The van der Waals surface area contributed by atoms with Crippen LogP contribution in [-0.4, -0.2) is 18.0 Å². The molecule has 0 N–H and O–H groups in total. The summed E-state index contributed by atoms with van der Waals surface area (Å²) in [4.78, 5) is 5.04. The summed E-state index contributed by atoms with van der Waals surface area (Å²) in [5, 5.41) is 0. The third-order valence-electron chi connectivity index (χ3n) is 8.36. The van der Waals surface area contributed by atoms with Gasteiger partial charge in [0.15, 0.2) is 0 Å². The van der Waals surface area contributed by atoms with Gasteiger partial charge in [0.05, 0.1) is 0 Å². The number of para-hydroxylation sites is 1. The van der Waals surface area contributed by atoms with Crippen LogP contribution >= 0.6 is 0 Å². The predicted molar refractivity (Wildman–Crippen MR) is 177 cm³/mol. The first-order chi connectivity index (χ1) is 20.2. The lowest BCUT2D eigenvalue weighted by Crippen LogP contribution is -2.26. The van der Waals surface area contributed by atoms with Crippen molar-refractivity contribution in [3.05, 3.63) is 161 Å². The van der Waals surface area contributed by atoms with E-state index in [1.54, 1.807) is 0 Å². The second kappa shape index (κ2) is 14.0. The summed E-state index contributed by atoms with van der Waals surface area (Å²) >= 11 is 0. The molecule has 0 radical (unpaired) electrons. The second-order valence-electron chi connectivity index (χ2n) is 11.1. The van der Waals surface area contributed by atoms with Crippen LogP contribution in [0.4, 0.5) is 5.69 Å². The van der Waals surface area contributed by atoms with E-state index in [0.717, 1.165) is 58.0 Å². The second-order valence-corrected chi connectivity index (χ2v) is 11.1. The van der Waals surface area contributed by atoms with Gasteiger partial charge in [0.2, 0.25) is 0 Å². The fraction of sp³-hybridized carbons (Fsp3) is 0.282. The third kappa shape index (κ3) is 6.82. The summed E-state index contributed by atoms with van der Waals surface area (Å²) in [6, 6.07) is 8.78. The summed E-state index contributed by atoms with van der Waals surface area (Å²) in [6.07, 6.45) is 38.9. The molecule has 1 aromatic carbocycles. The van der Waals surface area contributed by atoms with Gasteiger partial charge < -0.3 is 9.80 Å². The van der Waals surface area contributed by atoms with Crippen LogP contribution in [0.25, 0.3) is 0 Å². The lowest BCUT2D eigenvalue weighted by Gasteiger charge is -2.33. The molecule has 2 nitrogen and oxygen atoms in total. The maximum Gasteiger partial charge on any atom is 0.0447 e. The first kappa shape index (κ1) is 28.5. The van der Waals surface area contributed by atoms with Crippen molar-refractivity contribution >= 4 is 5.69 Å². The van der Waals surface area contributed by atoms with Gasteiger partial charge in [0.1, 0.15) is 0 Å². The Labute approximate surface area is 247 Å². The summed E-state index contributed by atoms with van der Waals surface area (Å²) in [5.41, 5.74) is 12.6. The van der Waals surface area contributed by atoms with Crippen LogP contribution in [0.5, 0.6) is 0 Å². The molecule has 0 amide bonds. The first-order valence-electron chi connectivity index (χ1n) is 15.2. The van der Waals surface area contributed by atoms with E-state index in [4.69, 9.17) is 0 Å². The van der Waals surface area contributed by atoms with Crippen LogP contribution < -0.4 is 4.90 Å². The Hall–Kier alpha value is -4.04. The summed E-state index contributed by atoms with van der Waals surface area (Å²) in [7, 11) is 0. The number of hydrogen-bond donors (Lipinski definition) is 0. The zero-order chi connectivity index (χ0) is 28.4. The van der Waals surface area contributed by atoms with Crippen molar-refractivity contribution in [3.8, 4) is 0 Å². The number of allylic oxidation sites excluding steroid dienone is 18. The Morgan fingerprint density at radius 3 is 2.56 bits per heavy atom. The number of nitrogens with zero attached hydrogens (tertiary/aromatic N) is 2. The maximum atomic E-state index is 4.00. The van der Waals surface area contributed by atoms with E-state index in [0.29, 0.717) is 0 Å². The highest BCUT2D eigenvalue weighted by Crippen LogP contribution is 2.38. The number of benzene rings is 1. The SMILES string of the molecule is C=CCc1ccccc1N(C/C=C\C)C1=C(C)C=C(C2=CC=C(N3C/C=C\C=C/CC4=C3C=CCC=C4)CC2)CC1. The molecule has 0 aromatic heterocycles. The monoisotopic (exact) mass is 540 g/mol. The van der Waals surface area contributed by atoms with E-state index >= 15 is 0 Å². The van der Waals surface area contributed by atoms with Crippen molar-refractivity contribution in [1.29, 1.82) is 0 Å². The molecule has 0 atom stereocenters. The van der Waals surface area contributed by atoms with E-state index in [2.05, 4.69) is 133 Å². The average Bonchev–Trinajstić information content (AvgIpc) is 3.18. The van der Waals surface area contributed by atoms with Crippen molar-refractivity contribution in [1.82, 2.24) is 4.90 Å². The van der Waals surface area contributed by atoms with Crippen LogP contribution in [0.2, 0.25) is 0 Å². The van der Waals surface area contributed by atoms with E-state index in [-0.39, 0.29) is 0 Å². The van der Waals surface area contributed by atoms with Crippen LogP contribution in [-0.2, 0) is 6.42 Å². The molecule has 0 unspecified atom stereocenters. The topological polar surface area (TPSA) is 6.48 Å². The molecule has 41 heavy (non-hydrogen) atoms. The highest BCUT2D eigenvalue weighted by Gasteiger charge is 2.23. The van der Waals surface area contributed by atoms with Crippen molar-refractivity contribution < 1.29 is 0 Å². The molecule has 210 valence electrons. The molecule has 0 saturated carbocycles. The average molecular weight is 541 g/mol. The van der Waals surface area contributed by atoms with Gasteiger partial charge in [-0.3, -0.25) is 0 Å². The molecule has 0 saturated heterocycles. The summed E-state index contributed by atoms with van der Waals surface area (Å²) in [6.45, 7) is 10.2. The minimum atomic E-state index is 0.880. The number of hydrogen-bond acceptors (Lipinski definition) is 2. The van der Waals surface area contributed by atoms with Gasteiger partial charge >= 0.3 is 0 Å². The molecule has 0 fully saturated rings. The predicted octanol–water partition coefficient (Wildman–Crippen LogP) is 9.98. The molecule has 3 aliphatic carbocycles. The van der Waals surface area contributed by atoms with Gasteiger partial charge in [-0.2, -0.15) is 0 Å². The minimum absolute atomic E-state index is 0.880. The van der Waals surface area contributed by atoms with Crippen molar-refractivity contribution in [3.63, 3.8) is 0 Å². The van der Waals surface area contributed by atoms with E-state index in [1.165, 1.54) is 50.6 Å². The molecule has 2 heteroatoms. The lowest BCUT2D eigenvalue weighted by molar-refractivity contribution is 0.458. The zero-order valence-corrected chi connectivity index (χ0v) is 24.9. The molecule has 1 heterocycles. The van der Waals surface area contributed by atoms with Crippen molar-refractivity contribution in [2.75, 3.05) is 18.0 Å². The number of rotatable bonds is 8. The van der Waals surface area contributed by atoms with Gasteiger partial charge in [0, 0.05) is 35.9 Å². The molecule has 5 rings (SSSR count). The molecule has 0 bridgehead atoms. The Morgan fingerprint density at radius 1 is 0.927 bits per heavy atom. The Bertz CT molecular complexity index is 1440. The summed E-state index contributed by atoms with van der Waals surface area (Å²) < 4.78 is 0. The quantitative estimate of drug-likeness (QED) is 0.303. The van der Waals surface area contributed by atoms with Crippen LogP contribution in [0, 0.1) is 0 Å². The van der Waals surface area contributed by atoms with Crippen LogP contribution in [0.3, 0.4) is 0 Å². The standard InChI is InChI=1S/C39H44N2/c1-4-6-28-41(39-21-14-13-19-33(39)16-5-2)37-27-24-35(30-31(37)3)32-22-25-36(26-23-32)40-29-15-8-7-10-17-34-18-11-9-12-20-38(34)40/h4-8,10-15,18-22,25,30H,2,9,16-17,23-24,26-29H2,1,3H3/b6-4-,10-7-,15-8-. The third-order valence-corrected chi connectivity index (χ3v) is 8.36.